The number of pyridine rings is 1. The molecule has 1 saturated carbocycles. The summed E-state index contributed by atoms with van der Waals surface area (Å²) < 4.78 is 0. The highest BCUT2D eigenvalue weighted by molar-refractivity contribution is 5.78. The van der Waals surface area contributed by atoms with Gasteiger partial charge in [-0.1, -0.05) is 38.0 Å². The molecule has 1 aromatic carbocycles. The third kappa shape index (κ3) is 1.81. The van der Waals surface area contributed by atoms with Crippen LogP contribution in [0.4, 0.5) is 0 Å². The van der Waals surface area contributed by atoms with Crippen molar-refractivity contribution in [2.75, 3.05) is 0 Å². The molecule has 1 aliphatic carbocycles. The van der Waals surface area contributed by atoms with E-state index in [0.717, 1.165) is 35.7 Å². The molecule has 2 atom stereocenters. The fourth-order valence-electron chi connectivity index (χ4n) is 3.07. The summed E-state index contributed by atoms with van der Waals surface area (Å²) in [5.74, 6) is 0.314. The first-order valence-corrected chi connectivity index (χ1v) is 6.78. The highest BCUT2D eigenvalue weighted by Gasteiger charge is 2.37. The van der Waals surface area contributed by atoms with E-state index in [2.05, 4.69) is 24.0 Å². The normalized spacial score (nSPS) is 28.4. The molecule has 18 heavy (non-hydrogen) atoms. The first-order valence-electron chi connectivity index (χ1n) is 6.78. The maximum Gasteiger partial charge on any atom is 0.0936 e. The predicted molar refractivity (Wildman–Crippen MR) is 73.3 cm³/mol. The Bertz CT molecular complexity index is 566. The van der Waals surface area contributed by atoms with Crippen molar-refractivity contribution in [3.8, 4) is 0 Å². The average molecular weight is 241 g/mol. The second kappa shape index (κ2) is 4.36. The summed E-state index contributed by atoms with van der Waals surface area (Å²) in [4.78, 5) is 4.48. The van der Waals surface area contributed by atoms with Crippen molar-refractivity contribution in [1.29, 1.82) is 0 Å². The van der Waals surface area contributed by atoms with Gasteiger partial charge in [-0.15, -0.1) is 0 Å². The van der Waals surface area contributed by atoms with Gasteiger partial charge in [0.1, 0.15) is 0 Å². The summed E-state index contributed by atoms with van der Waals surface area (Å²) in [6, 6.07) is 10.2. The molecular weight excluding hydrogens is 222 g/mol. The molecule has 0 spiro atoms. The molecule has 3 rings (SSSR count). The standard InChI is InChI=1S/C16H19NO/c1-12-6-4-5-9-16(12,18)14-10-13-7-2-3-8-15(13)17-11-14/h2-3,7-8,10-12,18H,4-6,9H2,1H3. The lowest BCUT2D eigenvalue weighted by molar-refractivity contribution is -0.0471. The number of hydrogen-bond donors (Lipinski definition) is 1. The van der Waals surface area contributed by atoms with Crippen LogP contribution in [0.3, 0.4) is 0 Å². The van der Waals surface area contributed by atoms with Crippen LogP contribution >= 0.6 is 0 Å². The van der Waals surface area contributed by atoms with Gasteiger partial charge in [0.15, 0.2) is 0 Å². The van der Waals surface area contributed by atoms with Crippen molar-refractivity contribution in [2.24, 2.45) is 5.92 Å². The molecule has 2 nitrogen and oxygen atoms in total. The van der Waals surface area contributed by atoms with Gasteiger partial charge in [-0.2, -0.15) is 0 Å². The van der Waals surface area contributed by atoms with Crippen LogP contribution in [0.2, 0.25) is 0 Å². The van der Waals surface area contributed by atoms with Gasteiger partial charge >= 0.3 is 0 Å². The molecule has 1 aliphatic rings. The number of aliphatic hydroxyl groups is 1. The highest BCUT2D eigenvalue weighted by Crippen LogP contribution is 2.41. The molecule has 0 saturated heterocycles. The van der Waals surface area contributed by atoms with E-state index in [4.69, 9.17) is 0 Å². The minimum absolute atomic E-state index is 0.314. The Kier molecular flexibility index (Phi) is 2.83. The van der Waals surface area contributed by atoms with E-state index in [1.54, 1.807) is 0 Å². The third-order valence-electron chi connectivity index (χ3n) is 4.35. The molecule has 2 heteroatoms. The van der Waals surface area contributed by atoms with Crippen molar-refractivity contribution >= 4 is 10.9 Å². The average Bonchev–Trinajstić information content (AvgIpc) is 2.42. The molecule has 0 aliphatic heterocycles. The van der Waals surface area contributed by atoms with Gasteiger partial charge in [0, 0.05) is 17.1 Å². The van der Waals surface area contributed by atoms with E-state index in [-0.39, 0.29) is 0 Å². The monoisotopic (exact) mass is 241 g/mol. The molecule has 0 amide bonds. The van der Waals surface area contributed by atoms with Gasteiger partial charge in [-0.05, 0) is 30.9 Å². The van der Waals surface area contributed by atoms with Crippen LogP contribution in [0.15, 0.2) is 36.5 Å². The Morgan fingerprint density at radius 2 is 2.11 bits per heavy atom. The first-order chi connectivity index (χ1) is 8.70. The number of para-hydroxylation sites is 1. The van der Waals surface area contributed by atoms with Gasteiger partial charge < -0.3 is 5.11 Å². The topological polar surface area (TPSA) is 33.1 Å². The fraction of sp³-hybridized carbons (Fsp3) is 0.438. The number of aromatic nitrogens is 1. The van der Waals surface area contributed by atoms with Crippen LogP contribution in [0.5, 0.6) is 0 Å². The minimum atomic E-state index is -0.685. The molecule has 1 aromatic heterocycles. The van der Waals surface area contributed by atoms with E-state index >= 15 is 0 Å². The third-order valence-corrected chi connectivity index (χ3v) is 4.35. The number of hydrogen-bond acceptors (Lipinski definition) is 2. The van der Waals surface area contributed by atoms with Crippen LogP contribution in [0.25, 0.3) is 10.9 Å². The largest absolute Gasteiger partial charge is 0.385 e. The summed E-state index contributed by atoms with van der Waals surface area (Å²) in [7, 11) is 0. The summed E-state index contributed by atoms with van der Waals surface area (Å²) in [5.41, 5.74) is 1.29. The van der Waals surface area contributed by atoms with E-state index < -0.39 is 5.60 Å². The summed E-state index contributed by atoms with van der Waals surface area (Å²) in [6.45, 7) is 2.15. The van der Waals surface area contributed by atoms with Gasteiger partial charge in [0.05, 0.1) is 11.1 Å². The molecule has 1 heterocycles. The van der Waals surface area contributed by atoms with Crippen molar-refractivity contribution in [1.82, 2.24) is 4.98 Å². The van der Waals surface area contributed by atoms with E-state index in [0.29, 0.717) is 5.92 Å². The lowest BCUT2D eigenvalue weighted by Crippen LogP contribution is -2.36. The van der Waals surface area contributed by atoms with Crippen molar-refractivity contribution < 1.29 is 5.11 Å². The van der Waals surface area contributed by atoms with Crippen LogP contribution in [-0.2, 0) is 5.60 Å². The molecule has 94 valence electrons. The van der Waals surface area contributed by atoms with E-state index in [9.17, 15) is 5.11 Å². The van der Waals surface area contributed by atoms with Crippen LogP contribution in [-0.4, -0.2) is 10.1 Å². The second-order valence-electron chi connectivity index (χ2n) is 5.49. The zero-order valence-electron chi connectivity index (χ0n) is 10.8. The van der Waals surface area contributed by atoms with Crippen LogP contribution in [0.1, 0.15) is 38.2 Å². The molecule has 0 radical (unpaired) electrons. The Morgan fingerprint density at radius 3 is 2.94 bits per heavy atom. The number of nitrogens with zero attached hydrogens (tertiary/aromatic N) is 1. The first kappa shape index (κ1) is 11.7. The Hall–Kier alpha value is -1.41. The number of rotatable bonds is 1. The van der Waals surface area contributed by atoms with Gasteiger partial charge in [-0.3, -0.25) is 4.98 Å². The Morgan fingerprint density at radius 1 is 1.28 bits per heavy atom. The minimum Gasteiger partial charge on any atom is -0.385 e. The molecular formula is C16H19NO. The molecule has 0 bridgehead atoms. The Balaban J connectivity index is 2.07. The molecule has 2 unspecified atom stereocenters. The van der Waals surface area contributed by atoms with Crippen molar-refractivity contribution in [3.05, 3.63) is 42.1 Å². The summed E-state index contributed by atoms with van der Waals surface area (Å²) in [6.07, 6.45) is 6.14. The fourth-order valence-corrected chi connectivity index (χ4v) is 3.07. The predicted octanol–water partition coefficient (Wildman–Crippen LogP) is 3.63. The maximum absolute atomic E-state index is 10.9. The SMILES string of the molecule is CC1CCCCC1(O)c1cnc2ccccc2c1. The van der Waals surface area contributed by atoms with Gasteiger partial charge in [0.2, 0.25) is 0 Å². The van der Waals surface area contributed by atoms with Crippen molar-refractivity contribution in [3.63, 3.8) is 0 Å². The van der Waals surface area contributed by atoms with Crippen LogP contribution in [0, 0.1) is 5.92 Å². The summed E-state index contributed by atoms with van der Waals surface area (Å²) >= 11 is 0. The zero-order valence-corrected chi connectivity index (χ0v) is 10.8. The second-order valence-corrected chi connectivity index (χ2v) is 5.49. The Labute approximate surface area is 108 Å². The molecule has 1 fully saturated rings. The number of fused-ring (bicyclic) bond motifs is 1. The van der Waals surface area contributed by atoms with Crippen LogP contribution < -0.4 is 0 Å². The zero-order chi connectivity index (χ0) is 12.6. The molecule has 1 N–H and O–H groups in total. The summed E-state index contributed by atoms with van der Waals surface area (Å²) in [5, 5.41) is 12.0. The van der Waals surface area contributed by atoms with Gasteiger partial charge in [-0.25, -0.2) is 0 Å². The quantitative estimate of drug-likeness (QED) is 0.827. The van der Waals surface area contributed by atoms with Gasteiger partial charge in [0.25, 0.3) is 0 Å². The maximum atomic E-state index is 10.9. The lowest BCUT2D eigenvalue weighted by atomic mass is 9.73. The lowest BCUT2D eigenvalue weighted by Gasteiger charge is -2.38. The number of benzene rings is 1. The molecule has 2 aromatic rings. The highest BCUT2D eigenvalue weighted by atomic mass is 16.3. The van der Waals surface area contributed by atoms with Crippen molar-refractivity contribution in [2.45, 2.75) is 38.2 Å². The van der Waals surface area contributed by atoms with E-state index in [1.807, 2.05) is 24.4 Å². The van der Waals surface area contributed by atoms with E-state index in [1.165, 1.54) is 6.42 Å². The smallest absolute Gasteiger partial charge is 0.0936 e.